The van der Waals surface area contributed by atoms with Crippen LogP contribution < -0.4 is 0 Å². The molecule has 0 amide bonds. The highest BCUT2D eigenvalue weighted by Crippen LogP contribution is 2.59. The van der Waals surface area contributed by atoms with Crippen LogP contribution in [-0.2, 0) is 0 Å². The van der Waals surface area contributed by atoms with Crippen LogP contribution >= 0.6 is 0 Å². The Bertz CT molecular complexity index is 255. The molecule has 13 heavy (non-hydrogen) atoms. The largest absolute Gasteiger partial charge is 0.389 e. The summed E-state index contributed by atoms with van der Waals surface area (Å²) in [5.41, 5.74) is 0.904. The van der Waals surface area contributed by atoms with E-state index in [0.717, 1.165) is 18.4 Å². The molecule has 1 nitrogen and oxygen atoms in total. The van der Waals surface area contributed by atoms with Gasteiger partial charge >= 0.3 is 0 Å². The highest BCUT2D eigenvalue weighted by atomic mass is 19.1. The summed E-state index contributed by atoms with van der Waals surface area (Å²) in [5.74, 6) is 0.800. The smallest absolute Gasteiger partial charge is 0.125 e. The molecule has 2 unspecified atom stereocenters. The monoisotopic (exact) mass is 184 g/mol. The Morgan fingerprint density at radius 1 is 1.54 bits per heavy atom. The van der Waals surface area contributed by atoms with Crippen molar-refractivity contribution in [3.8, 4) is 0 Å². The molecule has 2 bridgehead atoms. The molecule has 2 aliphatic rings. The van der Waals surface area contributed by atoms with Gasteiger partial charge in [-0.05, 0) is 42.1 Å². The molecule has 0 spiro atoms. The van der Waals surface area contributed by atoms with E-state index in [4.69, 9.17) is 5.11 Å². The SMILES string of the molecule is CC1(C)/C(=C(\F)CO)C2CCC1C2. The van der Waals surface area contributed by atoms with Crippen molar-refractivity contribution >= 4 is 0 Å². The van der Waals surface area contributed by atoms with Crippen molar-refractivity contribution in [1.29, 1.82) is 0 Å². The number of halogens is 1. The van der Waals surface area contributed by atoms with Gasteiger partial charge in [-0.1, -0.05) is 13.8 Å². The van der Waals surface area contributed by atoms with E-state index >= 15 is 0 Å². The number of aliphatic hydroxyl groups excluding tert-OH is 1. The van der Waals surface area contributed by atoms with Crippen molar-refractivity contribution in [2.75, 3.05) is 6.61 Å². The van der Waals surface area contributed by atoms with E-state index in [-0.39, 0.29) is 11.2 Å². The van der Waals surface area contributed by atoms with Crippen molar-refractivity contribution in [2.45, 2.75) is 33.1 Å². The zero-order valence-corrected chi connectivity index (χ0v) is 8.31. The normalized spacial score (nSPS) is 39.7. The van der Waals surface area contributed by atoms with Gasteiger partial charge in [0.2, 0.25) is 0 Å². The second-order valence-corrected chi connectivity index (χ2v) is 4.91. The third-order valence-electron chi connectivity index (χ3n) is 3.99. The fraction of sp³-hybridized carbons (Fsp3) is 0.818. The van der Waals surface area contributed by atoms with Gasteiger partial charge in [-0.2, -0.15) is 0 Å². The van der Waals surface area contributed by atoms with E-state index < -0.39 is 6.61 Å². The Hall–Kier alpha value is -0.370. The first kappa shape index (κ1) is 9.20. The Morgan fingerprint density at radius 3 is 2.69 bits per heavy atom. The summed E-state index contributed by atoms with van der Waals surface area (Å²) >= 11 is 0. The van der Waals surface area contributed by atoms with Crippen LogP contribution in [0.1, 0.15) is 33.1 Å². The number of aliphatic hydroxyl groups is 1. The van der Waals surface area contributed by atoms with E-state index in [2.05, 4.69) is 13.8 Å². The molecule has 0 aromatic heterocycles. The minimum atomic E-state index is -0.415. The van der Waals surface area contributed by atoms with Gasteiger partial charge in [-0.25, -0.2) is 4.39 Å². The Kier molecular flexibility index (Phi) is 1.99. The van der Waals surface area contributed by atoms with Crippen molar-refractivity contribution in [3.63, 3.8) is 0 Å². The predicted octanol–water partition coefficient (Wildman–Crippen LogP) is 2.66. The van der Waals surface area contributed by atoms with Crippen LogP contribution in [-0.4, -0.2) is 11.7 Å². The molecule has 0 radical (unpaired) electrons. The van der Waals surface area contributed by atoms with Gasteiger partial charge in [0.25, 0.3) is 0 Å². The molecule has 0 saturated heterocycles. The predicted molar refractivity (Wildman–Crippen MR) is 49.8 cm³/mol. The molecule has 0 aliphatic heterocycles. The second kappa shape index (κ2) is 2.81. The van der Waals surface area contributed by atoms with Gasteiger partial charge in [-0.3, -0.25) is 0 Å². The van der Waals surface area contributed by atoms with Crippen LogP contribution in [0.5, 0.6) is 0 Å². The minimum Gasteiger partial charge on any atom is -0.389 e. The first-order valence-corrected chi connectivity index (χ1v) is 5.07. The van der Waals surface area contributed by atoms with Gasteiger partial charge in [0.1, 0.15) is 5.83 Å². The lowest BCUT2D eigenvalue weighted by atomic mass is 9.72. The molecule has 2 fully saturated rings. The summed E-state index contributed by atoms with van der Waals surface area (Å²) in [6.45, 7) is 3.81. The first-order chi connectivity index (χ1) is 6.07. The topological polar surface area (TPSA) is 20.2 Å². The maximum absolute atomic E-state index is 13.4. The van der Waals surface area contributed by atoms with Gasteiger partial charge in [0, 0.05) is 0 Å². The number of allylic oxidation sites excluding steroid dienone is 1. The highest BCUT2D eigenvalue weighted by Gasteiger charge is 2.50. The van der Waals surface area contributed by atoms with E-state index in [0.29, 0.717) is 11.8 Å². The maximum Gasteiger partial charge on any atom is 0.125 e. The number of rotatable bonds is 1. The third-order valence-corrected chi connectivity index (χ3v) is 3.99. The fourth-order valence-electron chi connectivity index (χ4n) is 3.30. The van der Waals surface area contributed by atoms with Crippen LogP contribution in [0.2, 0.25) is 0 Å². The molecule has 2 saturated carbocycles. The van der Waals surface area contributed by atoms with Crippen LogP contribution in [0.15, 0.2) is 11.4 Å². The number of hydrogen-bond acceptors (Lipinski definition) is 1. The van der Waals surface area contributed by atoms with Gasteiger partial charge in [0.05, 0.1) is 6.61 Å². The van der Waals surface area contributed by atoms with Crippen LogP contribution in [0, 0.1) is 17.3 Å². The molecule has 74 valence electrons. The quantitative estimate of drug-likeness (QED) is 0.664. The average molecular weight is 184 g/mol. The van der Waals surface area contributed by atoms with Crippen LogP contribution in [0.4, 0.5) is 4.39 Å². The Balaban J connectivity index is 2.39. The number of fused-ring (bicyclic) bond motifs is 2. The third kappa shape index (κ3) is 1.15. The zero-order chi connectivity index (χ0) is 9.64. The highest BCUT2D eigenvalue weighted by molar-refractivity contribution is 5.28. The fourth-order valence-corrected chi connectivity index (χ4v) is 3.30. The lowest BCUT2D eigenvalue weighted by Gasteiger charge is -2.32. The van der Waals surface area contributed by atoms with Crippen LogP contribution in [0.25, 0.3) is 0 Å². The zero-order valence-electron chi connectivity index (χ0n) is 8.31. The summed E-state index contributed by atoms with van der Waals surface area (Å²) in [7, 11) is 0. The molecule has 0 aromatic carbocycles. The lowest BCUT2D eigenvalue weighted by molar-refractivity contribution is 0.253. The van der Waals surface area contributed by atoms with Crippen molar-refractivity contribution in [3.05, 3.63) is 11.4 Å². The van der Waals surface area contributed by atoms with Gasteiger partial charge < -0.3 is 5.11 Å². The molecule has 0 heterocycles. The summed E-state index contributed by atoms with van der Waals surface area (Å²) in [6.07, 6.45) is 3.49. The first-order valence-electron chi connectivity index (χ1n) is 5.07. The lowest BCUT2D eigenvalue weighted by Crippen LogP contribution is -2.24. The average Bonchev–Trinajstić information content (AvgIpc) is 2.60. The molecule has 2 rings (SSSR count). The van der Waals surface area contributed by atoms with E-state index in [1.54, 1.807) is 0 Å². The minimum absolute atomic E-state index is 0.00424. The molecule has 1 N–H and O–H groups in total. The van der Waals surface area contributed by atoms with E-state index in [9.17, 15) is 4.39 Å². The molecular formula is C11H17FO. The van der Waals surface area contributed by atoms with Crippen molar-refractivity contribution < 1.29 is 9.50 Å². The summed E-state index contributed by atoms with van der Waals surface area (Å²) in [4.78, 5) is 0. The van der Waals surface area contributed by atoms with Gasteiger partial charge in [-0.15, -0.1) is 0 Å². The summed E-state index contributed by atoms with van der Waals surface area (Å²) in [6, 6.07) is 0. The van der Waals surface area contributed by atoms with Gasteiger partial charge in [0.15, 0.2) is 0 Å². The summed E-state index contributed by atoms with van der Waals surface area (Å²) in [5, 5.41) is 8.82. The Labute approximate surface area is 78.6 Å². The molecule has 2 heteroatoms. The van der Waals surface area contributed by atoms with Crippen molar-refractivity contribution in [2.24, 2.45) is 17.3 Å². The molecular weight excluding hydrogens is 167 g/mol. The molecule has 0 aromatic rings. The molecule has 2 atom stereocenters. The number of hydrogen-bond donors (Lipinski definition) is 1. The van der Waals surface area contributed by atoms with E-state index in [1.165, 1.54) is 6.42 Å². The summed E-state index contributed by atoms with van der Waals surface area (Å²) < 4.78 is 13.4. The Morgan fingerprint density at radius 2 is 2.23 bits per heavy atom. The maximum atomic E-state index is 13.4. The van der Waals surface area contributed by atoms with Crippen molar-refractivity contribution in [1.82, 2.24) is 0 Å². The second-order valence-electron chi connectivity index (χ2n) is 4.91. The standard InChI is InChI=1S/C11H17FO/c1-11(2)8-4-3-7(5-8)10(11)9(12)6-13/h7-8,13H,3-6H2,1-2H3/b10-9-. The molecule has 2 aliphatic carbocycles. The van der Waals surface area contributed by atoms with E-state index in [1.807, 2.05) is 0 Å². The van der Waals surface area contributed by atoms with Crippen LogP contribution in [0.3, 0.4) is 0 Å².